The van der Waals surface area contributed by atoms with Gasteiger partial charge in [0, 0.05) is 5.57 Å². The molecule has 5 nitrogen and oxygen atoms in total. The molecule has 0 saturated carbocycles. The van der Waals surface area contributed by atoms with Crippen LogP contribution in [0.2, 0.25) is 0 Å². The van der Waals surface area contributed by atoms with Crippen LogP contribution in [-0.2, 0) is 4.74 Å². The van der Waals surface area contributed by atoms with Crippen molar-refractivity contribution in [2.45, 2.75) is 19.4 Å². The van der Waals surface area contributed by atoms with Crippen LogP contribution in [0.3, 0.4) is 0 Å². The first-order valence-electron chi connectivity index (χ1n) is 6.13. The first-order valence-corrected chi connectivity index (χ1v) is 6.13. The molecule has 0 aliphatic carbocycles. The molecule has 2 heterocycles. The molecule has 1 aliphatic heterocycles. The molecular formula is C16H11N3O2. The molecule has 0 aromatic carbocycles. The minimum absolute atomic E-state index is 0.0339. The van der Waals surface area contributed by atoms with Crippen molar-refractivity contribution in [2.24, 2.45) is 0 Å². The van der Waals surface area contributed by atoms with Gasteiger partial charge in [0.25, 0.3) is 0 Å². The molecule has 0 amide bonds. The van der Waals surface area contributed by atoms with Crippen molar-refractivity contribution in [1.29, 1.82) is 15.8 Å². The summed E-state index contributed by atoms with van der Waals surface area (Å²) in [5.74, 6) is 0.667. The molecule has 0 spiro atoms. The lowest BCUT2D eigenvalue weighted by Crippen LogP contribution is -2.20. The normalized spacial score (nSPS) is 16.2. The Kier molecular flexibility index (Phi) is 3.65. The van der Waals surface area contributed by atoms with Gasteiger partial charge < -0.3 is 9.15 Å². The summed E-state index contributed by atoms with van der Waals surface area (Å²) in [5.41, 5.74) is -0.219. The fourth-order valence-corrected chi connectivity index (χ4v) is 2.03. The number of hydrogen-bond acceptors (Lipinski definition) is 5. The van der Waals surface area contributed by atoms with E-state index in [4.69, 9.17) is 19.7 Å². The number of allylic oxidation sites excluding steroid dienone is 2. The number of rotatable bonds is 2. The molecule has 0 N–H and O–H groups in total. The Morgan fingerprint density at radius 3 is 2.43 bits per heavy atom. The maximum Gasteiger partial charge on any atom is 0.172 e. The van der Waals surface area contributed by atoms with E-state index in [1.807, 2.05) is 6.07 Å². The quantitative estimate of drug-likeness (QED) is 0.773. The van der Waals surface area contributed by atoms with E-state index < -0.39 is 5.60 Å². The van der Waals surface area contributed by atoms with Crippen molar-refractivity contribution >= 4 is 6.08 Å². The lowest BCUT2D eigenvalue weighted by atomic mass is 9.94. The van der Waals surface area contributed by atoms with Gasteiger partial charge in [-0.05, 0) is 38.1 Å². The first-order chi connectivity index (χ1) is 10.0. The zero-order chi connectivity index (χ0) is 15.5. The van der Waals surface area contributed by atoms with Crippen LogP contribution in [0.1, 0.15) is 19.6 Å². The molecule has 0 saturated heterocycles. The Morgan fingerprint density at radius 1 is 1.19 bits per heavy atom. The Bertz CT molecular complexity index is 757. The Labute approximate surface area is 122 Å². The third-order valence-electron chi connectivity index (χ3n) is 3.02. The molecule has 5 heteroatoms. The van der Waals surface area contributed by atoms with Gasteiger partial charge in [-0.1, -0.05) is 0 Å². The van der Waals surface area contributed by atoms with Crippen LogP contribution in [0.25, 0.3) is 6.08 Å². The van der Waals surface area contributed by atoms with Crippen molar-refractivity contribution < 1.29 is 9.15 Å². The molecule has 0 fully saturated rings. The van der Waals surface area contributed by atoms with Crippen molar-refractivity contribution in [3.05, 3.63) is 52.7 Å². The predicted molar refractivity (Wildman–Crippen MR) is 73.8 cm³/mol. The summed E-state index contributed by atoms with van der Waals surface area (Å²) >= 11 is 0. The SMILES string of the molecule is CC1(C)OC(=C(C#N)C#N)C(C#N)=C1/C=C/c1ccco1. The topological polar surface area (TPSA) is 93.7 Å². The highest BCUT2D eigenvalue weighted by atomic mass is 16.5. The molecule has 0 unspecified atom stereocenters. The molecular weight excluding hydrogens is 266 g/mol. The average molecular weight is 277 g/mol. The monoisotopic (exact) mass is 277 g/mol. The average Bonchev–Trinajstić information content (AvgIpc) is 3.04. The van der Waals surface area contributed by atoms with Crippen LogP contribution in [0, 0.1) is 34.0 Å². The molecule has 0 bridgehead atoms. The molecule has 21 heavy (non-hydrogen) atoms. The van der Waals surface area contributed by atoms with Crippen LogP contribution in [0.5, 0.6) is 0 Å². The van der Waals surface area contributed by atoms with Crippen molar-refractivity contribution in [3.63, 3.8) is 0 Å². The van der Waals surface area contributed by atoms with Gasteiger partial charge in [-0.2, -0.15) is 15.8 Å². The highest BCUT2D eigenvalue weighted by Crippen LogP contribution is 2.40. The smallest absolute Gasteiger partial charge is 0.172 e. The summed E-state index contributed by atoms with van der Waals surface area (Å²) < 4.78 is 10.8. The van der Waals surface area contributed by atoms with E-state index >= 15 is 0 Å². The van der Waals surface area contributed by atoms with E-state index in [9.17, 15) is 5.26 Å². The maximum atomic E-state index is 9.34. The number of nitriles is 3. The zero-order valence-electron chi connectivity index (χ0n) is 11.5. The van der Waals surface area contributed by atoms with E-state index in [-0.39, 0.29) is 16.9 Å². The van der Waals surface area contributed by atoms with Gasteiger partial charge in [-0.15, -0.1) is 0 Å². The minimum Gasteiger partial charge on any atom is -0.480 e. The standard InChI is InChI=1S/C16H11N3O2/c1-16(2)14(6-5-12-4-3-7-20-12)13(10-19)15(21-16)11(8-17)9-18/h3-7H,1-2H3/b6-5+. The van der Waals surface area contributed by atoms with Gasteiger partial charge in [-0.3, -0.25) is 0 Å². The second-order valence-electron chi connectivity index (χ2n) is 4.79. The summed E-state index contributed by atoms with van der Waals surface area (Å²) in [6.45, 7) is 3.54. The summed E-state index contributed by atoms with van der Waals surface area (Å²) in [6.07, 6.45) is 4.96. The van der Waals surface area contributed by atoms with Gasteiger partial charge in [-0.25, -0.2) is 0 Å². The Morgan fingerprint density at radius 2 is 1.90 bits per heavy atom. The van der Waals surface area contributed by atoms with E-state index in [2.05, 4.69) is 0 Å². The first kappa shape index (κ1) is 14.2. The Balaban J connectivity index is 2.57. The lowest BCUT2D eigenvalue weighted by Gasteiger charge is -2.20. The van der Waals surface area contributed by atoms with Crippen LogP contribution in [-0.4, -0.2) is 5.60 Å². The van der Waals surface area contributed by atoms with Crippen molar-refractivity contribution in [3.8, 4) is 18.2 Å². The van der Waals surface area contributed by atoms with Crippen LogP contribution in [0.15, 0.2) is 51.4 Å². The van der Waals surface area contributed by atoms with Crippen molar-refractivity contribution in [2.75, 3.05) is 0 Å². The van der Waals surface area contributed by atoms with Gasteiger partial charge in [0.15, 0.2) is 11.3 Å². The van der Waals surface area contributed by atoms with E-state index in [1.165, 1.54) is 0 Å². The minimum atomic E-state index is -0.803. The van der Waals surface area contributed by atoms with Crippen molar-refractivity contribution in [1.82, 2.24) is 0 Å². The van der Waals surface area contributed by atoms with Gasteiger partial charge in [0.1, 0.15) is 35.1 Å². The fraction of sp³-hybridized carbons (Fsp3) is 0.188. The third kappa shape index (κ3) is 2.56. The fourth-order valence-electron chi connectivity index (χ4n) is 2.03. The summed E-state index contributed by atoms with van der Waals surface area (Å²) in [4.78, 5) is 0. The summed E-state index contributed by atoms with van der Waals surface area (Å²) in [6, 6.07) is 9.05. The van der Waals surface area contributed by atoms with E-state index in [0.29, 0.717) is 11.3 Å². The van der Waals surface area contributed by atoms with Gasteiger partial charge in [0.2, 0.25) is 0 Å². The van der Waals surface area contributed by atoms with Crippen LogP contribution < -0.4 is 0 Å². The molecule has 0 atom stereocenters. The van der Waals surface area contributed by atoms with Gasteiger partial charge >= 0.3 is 0 Å². The summed E-state index contributed by atoms with van der Waals surface area (Å²) in [5, 5.41) is 27.3. The molecule has 0 radical (unpaired) electrons. The molecule has 1 aromatic rings. The number of hydrogen-bond donors (Lipinski definition) is 0. The third-order valence-corrected chi connectivity index (χ3v) is 3.02. The number of ether oxygens (including phenoxy) is 1. The number of furan rings is 1. The highest BCUT2D eigenvalue weighted by Gasteiger charge is 2.38. The maximum absolute atomic E-state index is 9.34. The lowest BCUT2D eigenvalue weighted by molar-refractivity contribution is 0.0954. The second kappa shape index (κ2) is 5.41. The van der Waals surface area contributed by atoms with Crippen LogP contribution >= 0.6 is 0 Å². The largest absolute Gasteiger partial charge is 0.480 e. The molecule has 2 rings (SSSR count). The number of nitrogens with zero attached hydrogens (tertiary/aromatic N) is 3. The second-order valence-corrected chi connectivity index (χ2v) is 4.79. The molecule has 1 aliphatic rings. The highest BCUT2D eigenvalue weighted by molar-refractivity contribution is 5.63. The Hall–Kier alpha value is -3.23. The van der Waals surface area contributed by atoms with E-state index in [1.54, 1.807) is 56.5 Å². The van der Waals surface area contributed by atoms with Crippen LogP contribution in [0.4, 0.5) is 0 Å². The zero-order valence-corrected chi connectivity index (χ0v) is 11.5. The molecule has 1 aromatic heterocycles. The van der Waals surface area contributed by atoms with E-state index in [0.717, 1.165) is 0 Å². The predicted octanol–water partition coefficient (Wildman–Crippen LogP) is 3.22. The molecule has 102 valence electrons. The van der Waals surface area contributed by atoms with Gasteiger partial charge in [0.05, 0.1) is 6.26 Å². The summed E-state index contributed by atoms with van der Waals surface area (Å²) in [7, 11) is 0.